The molecule has 1 aliphatic rings. The maximum atomic E-state index is 13.5. The Morgan fingerprint density at radius 3 is 2.83 bits per heavy atom. The summed E-state index contributed by atoms with van der Waals surface area (Å²) >= 11 is 12.2. The van der Waals surface area contributed by atoms with Crippen molar-refractivity contribution < 1.29 is 14.0 Å². The minimum atomic E-state index is -0.493. The van der Waals surface area contributed by atoms with Crippen molar-refractivity contribution in [2.45, 2.75) is 25.9 Å². The minimum Gasteiger partial charge on any atom is -0.350 e. The van der Waals surface area contributed by atoms with E-state index >= 15 is 0 Å². The Bertz CT molecular complexity index is 881. The van der Waals surface area contributed by atoms with Crippen molar-refractivity contribution in [1.82, 2.24) is 15.3 Å². The number of aryl methyl sites for hydroxylation is 1. The summed E-state index contributed by atoms with van der Waals surface area (Å²) in [6.07, 6.45) is 0.247. The van der Waals surface area contributed by atoms with Crippen LogP contribution in [0.15, 0.2) is 36.4 Å². The van der Waals surface area contributed by atoms with Crippen LogP contribution < -0.4 is 5.32 Å². The van der Waals surface area contributed by atoms with Crippen LogP contribution in [0, 0.1) is 12.7 Å². The van der Waals surface area contributed by atoms with E-state index in [1.165, 1.54) is 17.0 Å². The van der Waals surface area contributed by atoms with E-state index in [-0.39, 0.29) is 18.4 Å². The summed E-state index contributed by atoms with van der Waals surface area (Å²) < 4.78 is 13.5. The summed E-state index contributed by atoms with van der Waals surface area (Å²) in [7, 11) is 1.65. The Morgan fingerprint density at radius 2 is 2.07 bits per heavy atom. The molecule has 0 unspecified atom stereocenters. The normalized spacial score (nSPS) is 17.6. The molecule has 1 amide bonds. The second-order valence-corrected chi connectivity index (χ2v) is 7.99. The van der Waals surface area contributed by atoms with Crippen LogP contribution in [0.2, 0.25) is 10.0 Å². The standard InChI is InChI=1S/C21H24Cl2FN3O2/c1-14-11-17(24)4-5-18(14)20-7-8-25-9-10-27(20)29-21(28)26(2)13-15-12-16(22)3-6-19(15)23/h3-6,11-12,20,25H,7-10,13H2,1-2H3/t20-/m1/s1. The van der Waals surface area contributed by atoms with Gasteiger partial charge in [-0.15, -0.1) is 5.06 Å². The second-order valence-electron chi connectivity index (χ2n) is 7.15. The molecule has 1 saturated heterocycles. The number of halogens is 3. The van der Waals surface area contributed by atoms with Gasteiger partial charge in [-0.25, -0.2) is 9.18 Å². The molecule has 0 radical (unpaired) electrons. The Hall–Kier alpha value is -1.86. The first-order chi connectivity index (χ1) is 13.8. The van der Waals surface area contributed by atoms with Gasteiger partial charge >= 0.3 is 6.09 Å². The average molecular weight is 440 g/mol. The maximum Gasteiger partial charge on any atom is 0.428 e. The maximum absolute atomic E-state index is 13.5. The predicted molar refractivity (Wildman–Crippen MR) is 112 cm³/mol. The second kappa shape index (κ2) is 9.76. The van der Waals surface area contributed by atoms with E-state index in [9.17, 15) is 9.18 Å². The van der Waals surface area contributed by atoms with E-state index in [0.717, 1.165) is 29.7 Å². The van der Waals surface area contributed by atoms with Gasteiger partial charge in [0.05, 0.1) is 12.6 Å². The molecule has 156 valence electrons. The molecule has 1 fully saturated rings. The van der Waals surface area contributed by atoms with E-state index in [2.05, 4.69) is 5.32 Å². The Kier molecular flexibility index (Phi) is 7.35. The fourth-order valence-corrected chi connectivity index (χ4v) is 3.81. The van der Waals surface area contributed by atoms with Gasteiger partial charge in [0.1, 0.15) is 5.82 Å². The summed E-state index contributed by atoms with van der Waals surface area (Å²) in [4.78, 5) is 19.9. The number of carbonyl (C=O) groups is 1. The molecule has 0 spiro atoms. The van der Waals surface area contributed by atoms with Gasteiger partial charge in [-0.3, -0.25) is 0 Å². The van der Waals surface area contributed by atoms with Crippen LogP contribution in [0.25, 0.3) is 0 Å². The monoisotopic (exact) mass is 439 g/mol. The molecule has 2 aromatic carbocycles. The highest BCUT2D eigenvalue weighted by Gasteiger charge is 2.28. The van der Waals surface area contributed by atoms with Crippen LogP contribution in [0.1, 0.15) is 29.2 Å². The highest BCUT2D eigenvalue weighted by atomic mass is 35.5. The molecule has 0 saturated carbocycles. The summed E-state index contributed by atoms with van der Waals surface area (Å²) in [6.45, 7) is 4.13. The summed E-state index contributed by atoms with van der Waals surface area (Å²) in [6, 6.07) is 9.68. The molecule has 1 atom stereocenters. The Morgan fingerprint density at radius 1 is 1.28 bits per heavy atom. The quantitative estimate of drug-likeness (QED) is 0.730. The van der Waals surface area contributed by atoms with E-state index in [4.69, 9.17) is 28.0 Å². The summed E-state index contributed by atoms with van der Waals surface area (Å²) in [5, 5.41) is 6.08. The average Bonchev–Trinajstić information content (AvgIpc) is 2.90. The number of carbonyl (C=O) groups excluding carboxylic acids is 1. The zero-order chi connectivity index (χ0) is 21.0. The van der Waals surface area contributed by atoms with E-state index < -0.39 is 6.09 Å². The fraction of sp³-hybridized carbons (Fsp3) is 0.381. The number of benzene rings is 2. The van der Waals surface area contributed by atoms with Crippen molar-refractivity contribution in [2.75, 3.05) is 26.7 Å². The lowest BCUT2D eigenvalue weighted by molar-refractivity contribution is -0.139. The molecule has 1 N–H and O–H groups in total. The van der Waals surface area contributed by atoms with Gasteiger partial charge in [0.15, 0.2) is 0 Å². The van der Waals surface area contributed by atoms with Gasteiger partial charge in [0.2, 0.25) is 0 Å². The first-order valence-electron chi connectivity index (χ1n) is 9.45. The van der Waals surface area contributed by atoms with Crippen molar-refractivity contribution in [3.63, 3.8) is 0 Å². The van der Waals surface area contributed by atoms with Crippen molar-refractivity contribution in [3.05, 3.63) is 69.0 Å². The SMILES string of the molecule is Cc1cc(F)ccc1[C@H]1CCNCCN1OC(=O)N(C)Cc1cc(Cl)ccc1Cl. The van der Waals surface area contributed by atoms with Crippen LogP contribution in [-0.4, -0.2) is 42.7 Å². The van der Waals surface area contributed by atoms with E-state index in [0.29, 0.717) is 23.1 Å². The van der Waals surface area contributed by atoms with Gasteiger partial charge in [0.25, 0.3) is 0 Å². The highest BCUT2D eigenvalue weighted by molar-refractivity contribution is 6.33. The van der Waals surface area contributed by atoms with Gasteiger partial charge < -0.3 is 15.1 Å². The molecule has 0 aromatic heterocycles. The molecule has 5 nitrogen and oxygen atoms in total. The molecule has 2 aromatic rings. The molecule has 1 heterocycles. The van der Waals surface area contributed by atoms with Gasteiger partial charge in [-0.1, -0.05) is 29.3 Å². The van der Waals surface area contributed by atoms with Crippen LogP contribution in [0.5, 0.6) is 0 Å². The lowest BCUT2D eigenvalue weighted by Gasteiger charge is -2.30. The molecule has 8 heteroatoms. The third kappa shape index (κ3) is 5.60. The number of hydrogen-bond donors (Lipinski definition) is 1. The Labute approximate surface area is 180 Å². The van der Waals surface area contributed by atoms with Gasteiger partial charge in [-0.2, -0.15) is 0 Å². The van der Waals surface area contributed by atoms with Crippen molar-refractivity contribution in [1.29, 1.82) is 0 Å². The molecule has 0 aliphatic carbocycles. The van der Waals surface area contributed by atoms with Crippen molar-refractivity contribution in [3.8, 4) is 0 Å². The van der Waals surface area contributed by atoms with Gasteiger partial charge in [-0.05, 0) is 66.9 Å². The third-order valence-corrected chi connectivity index (χ3v) is 5.57. The topological polar surface area (TPSA) is 44.8 Å². The number of amides is 1. The molecule has 1 aliphatic heterocycles. The number of nitrogens with one attached hydrogen (secondary N) is 1. The summed E-state index contributed by atoms with van der Waals surface area (Å²) in [5.41, 5.74) is 2.52. The number of hydrogen-bond acceptors (Lipinski definition) is 4. The van der Waals surface area contributed by atoms with Crippen LogP contribution in [-0.2, 0) is 11.4 Å². The zero-order valence-corrected chi connectivity index (χ0v) is 17.9. The fourth-order valence-electron chi connectivity index (χ4n) is 3.44. The first-order valence-corrected chi connectivity index (χ1v) is 10.2. The number of hydroxylamine groups is 2. The molecule has 0 bridgehead atoms. The molecule has 29 heavy (non-hydrogen) atoms. The number of rotatable bonds is 4. The first kappa shape index (κ1) is 21.8. The zero-order valence-electron chi connectivity index (χ0n) is 16.4. The lowest BCUT2D eigenvalue weighted by atomic mass is 9.98. The molecule has 3 rings (SSSR count). The highest BCUT2D eigenvalue weighted by Crippen LogP contribution is 2.29. The smallest absolute Gasteiger partial charge is 0.350 e. The van der Waals surface area contributed by atoms with E-state index in [1.54, 1.807) is 36.4 Å². The lowest BCUT2D eigenvalue weighted by Crippen LogP contribution is -2.38. The number of nitrogens with zero attached hydrogens (tertiary/aromatic N) is 2. The third-order valence-electron chi connectivity index (χ3n) is 4.96. The molecular formula is C21H24Cl2FN3O2. The molecular weight excluding hydrogens is 416 g/mol. The van der Waals surface area contributed by atoms with Crippen LogP contribution in [0.4, 0.5) is 9.18 Å². The van der Waals surface area contributed by atoms with E-state index in [1.807, 2.05) is 6.92 Å². The van der Waals surface area contributed by atoms with Gasteiger partial charge in [0, 0.05) is 30.2 Å². The van der Waals surface area contributed by atoms with Crippen LogP contribution >= 0.6 is 23.2 Å². The Balaban J connectivity index is 1.74. The predicted octanol–water partition coefficient (Wildman–Crippen LogP) is 4.96. The minimum absolute atomic E-state index is 0.155. The summed E-state index contributed by atoms with van der Waals surface area (Å²) in [5.74, 6) is -0.278. The van der Waals surface area contributed by atoms with Crippen LogP contribution in [0.3, 0.4) is 0 Å². The van der Waals surface area contributed by atoms with Crippen molar-refractivity contribution >= 4 is 29.3 Å². The largest absolute Gasteiger partial charge is 0.428 e. The van der Waals surface area contributed by atoms with Crippen molar-refractivity contribution in [2.24, 2.45) is 0 Å².